The van der Waals surface area contributed by atoms with Crippen LogP contribution >= 0.6 is 0 Å². The van der Waals surface area contributed by atoms with Gasteiger partial charge in [-0.15, -0.1) is 0 Å². The van der Waals surface area contributed by atoms with Crippen molar-refractivity contribution in [1.29, 1.82) is 5.41 Å². The first kappa shape index (κ1) is 22.1. The van der Waals surface area contributed by atoms with Gasteiger partial charge in [-0.05, 0) is 49.1 Å². The van der Waals surface area contributed by atoms with Crippen molar-refractivity contribution in [1.82, 2.24) is 9.88 Å². The molecule has 1 aliphatic heterocycles. The predicted octanol–water partition coefficient (Wildman–Crippen LogP) is 3.55. The SMILES string of the molecule is CC[C@H](COC)Nc1cc[nH]c(=O)c1C(=N)Nc1ccc2c(c1)CN(C1CCCC1)C2=O. The van der Waals surface area contributed by atoms with Crippen molar-refractivity contribution in [3.8, 4) is 0 Å². The van der Waals surface area contributed by atoms with E-state index in [0.29, 0.717) is 30.6 Å². The summed E-state index contributed by atoms with van der Waals surface area (Å²) in [6.07, 6.45) is 6.89. The lowest BCUT2D eigenvalue weighted by atomic mass is 10.1. The molecule has 1 amide bonds. The largest absolute Gasteiger partial charge is 0.383 e. The fraction of sp³-hybridized carbons (Fsp3) is 0.458. The smallest absolute Gasteiger partial charge is 0.261 e. The maximum Gasteiger partial charge on any atom is 0.261 e. The molecule has 1 aromatic carbocycles. The van der Waals surface area contributed by atoms with E-state index in [-0.39, 0.29) is 28.9 Å². The van der Waals surface area contributed by atoms with Crippen LogP contribution in [0.15, 0.2) is 35.3 Å². The van der Waals surface area contributed by atoms with Gasteiger partial charge >= 0.3 is 0 Å². The number of nitrogens with zero attached hydrogens (tertiary/aromatic N) is 1. The molecule has 1 saturated carbocycles. The molecule has 0 unspecified atom stereocenters. The van der Waals surface area contributed by atoms with Gasteiger partial charge in [-0.2, -0.15) is 0 Å². The van der Waals surface area contributed by atoms with Gasteiger partial charge in [-0.1, -0.05) is 19.8 Å². The van der Waals surface area contributed by atoms with Gasteiger partial charge in [-0.25, -0.2) is 0 Å². The lowest BCUT2D eigenvalue weighted by Gasteiger charge is -2.23. The van der Waals surface area contributed by atoms with Crippen LogP contribution < -0.4 is 16.2 Å². The molecule has 8 heteroatoms. The number of hydrogen-bond acceptors (Lipinski definition) is 5. The third-order valence-electron chi connectivity index (χ3n) is 6.40. The lowest BCUT2D eigenvalue weighted by Crippen LogP contribution is -2.33. The highest BCUT2D eigenvalue weighted by atomic mass is 16.5. The Kier molecular flexibility index (Phi) is 6.60. The number of pyridine rings is 1. The highest BCUT2D eigenvalue weighted by Gasteiger charge is 2.34. The van der Waals surface area contributed by atoms with E-state index in [9.17, 15) is 9.59 Å². The minimum atomic E-state index is -0.344. The summed E-state index contributed by atoms with van der Waals surface area (Å²) in [5.74, 6) is 0.0989. The fourth-order valence-electron chi connectivity index (χ4n) is 4.67. The minimum absolute atomic E-state index is 0.00135. The number of ether oxygens (including phenoxy) is 1. The Bertz CT molecular complexity index is 1060. The number of carbonyl (C=O) groups excluding carboxylic acids is 1. The molecule has 4 N–H and O–H groups in total. The van der Waals surface area contributed by atoms with Crippen molar-refractivity contribution >= 4 is 23.1 Å². The topological polar surface area (TPSA) is 110 Å². The van der Waals surface area contributed by atoms with Gasteiger partial charge < -0.3 is 25.3 Å². The number of benzene rings is 1. The molecule has 0 radical (unpaired) electrons. The van der Waals surface area contributed by atoms with E-state index in [0.717, 1.165) is 30.4 Å². The predicted molar refractivity (Wildman–Crippen MR) is 126 cm³/mol. The van der Waals surface area contributed by atoms with Crippen molar-refractivity contribution in [3.63, 3.8) is 0 Å². The molecule has 4 rings (SSSR count). The van der Waals surface area contributed by atoms with Crippen molar-refractivity contribution < 1.29 is 9.53 Å². The summed E-state index contributed by atoms with van der Waals surface area (Å²) < 4.78 is 5.24. The molecule has 2 aromatic rings. The van der Waals surface area contributed by atoms with Crippen LogP contribution in [0.5, 0.6) is 0 Å². The Morgan fingerprint density at radius 3 is 2.78 bits per heavy atom. The quantitative estimate of drug-likeness (QED) is 0.373. The number of amides is 1. The second kappa shape index (κ2) is 9.56. The number of methoxy groups -OCH3 is 1. The van der Waals surface area contributed by atoms with Gasteiger partial charge in [0.15, 0.2) is 0 Å². The highest BCUT2D eigenvalue weighted by Crippen LogP contribution is 2.33. The number of carbonyl (C=O) groups is 1. The van der Waals surface area contributed by atoms with Gasteiger partial charge in [0.2, 0.25) is 0 Å². The number of hydrogen-bond donors (Lipinski definition) is 4. The molecule has 2 heterocycles. The number of fused-ring (bicyclic) bond motifs is 1. The number of amidine groups is 1. The first-order valence-corrected chi connectivity index (χ1v) is 11.3. The van der Waals surface area contributed by atoms with Crippen molar-refractivity contribution in [2.45, 2.75) is 57.7 Å². The number of aromatic amines is 1. The van der Waals surface area contributed by atoms with E-state index in [1.54, 1.807) is 25.4 Å². The maximum atomic E-state index is 12.8. The fourth-order valence-corrected chi connectivity index (χ4v) is 4.67. The monoisotopic (exact) mass is 437 g/mol. The minimum Gasteiger partial charge on any atom is -0.383 e. The first-order chi connectivity index (χ1) is 15.5. The average Bonchev–Trinajstić information content (AvgIpc) is 3.41. The molecular formula is C24H31N5O3. The normalized spacial score (nSPS) is 16.8. The number of nitrogens with one attached hydrogen (secondary N) is 4. The van der Waals surface area contributed by atoms with E-state index in [1.165, 1.54) is 12.8 Å². The molecule has 1 aliphatic carbocycles. The summed E-state index contributed by atoms with van der Waals surface area (Å²) in [6, 6.07) is 7.66. The number of H-pyrrole nitrogens is 1. The molecule has 2 aliphatic rings. The zero-order valence-corrected chi connectivity index (χ0v) is 18.7. The molecule has 32 heavy (non-hydrogen) atoms. The molecule has 0 saturated heterocycles. The molecular weight excluding hydrogens is 406 g/mol. The van der Waals surface area contributed by atoms with Crippen molar-refractivity contribution in [3.05, 3.63) is 57.5 Å². The molecule has 1 atom stereocenters. The van der Waals surface area contributed by atoms with Gasteiger partial charge in [0.1, 0.15) is 11.4 Å². The van der Waals surface area contributed by atoms with Crippen LogP contribution in [0.3, 0.4) is 0 Å². The van der Waals surface area contributed by atoms with Gasteiger partial charge in [-0.3, -0.25) is 15.0 Å². The maximum absolute atomic E-state index is 12.8. The summed E-state index contributed by atoms with van der Waals surface area (Å²) in [7, 11) is 1.64. The Morgan fingerprint density at radius 2 is 2.06 bits per heavy atom. The zero-order chi connectivity index (χ0) is 22.7. The Balaban J connectivity index is 1.53. The van der Waals surface area contributed by atoms with E-state index >= 15 is 0 Å². The van der Waals surface area contributed by atoms with Crippen LogP contribution in [0.25, 0.3) is 0 Å². The van der Waals surface area contributed by atoms with Crippen LogP contribution in [0.1, 0.15) is 60.5 Å². The number of anilines is 2. The van der Waals surface area contributed by atoms with E-state index < -0.39 is 0 Å². The molecule has 1 fully saturated rings. The Morgan fingerprint density at radius 1 is 1.28 bits per heavy atom. The second-order valence-electron chi connectivity index (χ2n) is 8.54. The molecule has 0 bridgehead atoms. The number of rotatable bonds is 8. The first-order valence-electron chi connectivity index (χ1n) is 11.3. The molecule has 8 nitrogen and oxygen atoms in total. The third-order valence-corrected chi connectivity index (χ3v) is 6.40. The highest BCUT2D eigenvalue weighted by molar-refractivity contribution is 6.10. The number of aromatic nitrogens is 1. The van der Waals surface area contributed by atoms with E-state index in [2.05, 4.69) is 15.6 Å². The van der Waals surface area contributed by atoms with Crippen LogP contribution in [-0.2, 0) is 11.3 Å². The Hall–Kier alpha value is -3.13. The van der Waals surface area contributed by atoms with Gasteiger partial charge in [0.05, 0.1) is 12.3 Å². The standard InChI is InChI=1S/C24H31N5O3/c1-3-16(14-32-2)27-20-10-11-26-23(30)21(20)22(25)28-17-8-9-19-15(12-17)13-29(24(19)31)18-6-4-5-7-18/h8-12,16,18H,3-7,13-14H2,1-2H3,(H2,25,28)(H2,26,27,30)/t16-/m1/s1. The van der Waals surface area contributed by atoms with E-state index in [1.807, 2.05) is 24.0 Å². The summed E-state index contributed by atoms with van der Waals surface area (Å²) in [5.41, 5.74) is 2.87. The van der Waals surface area contributed by atoms with Crippen LogP contribution in [-0.4, -0.2) is 47.4 Å². The Labute approximate surface area is 187 Å². The zero-order valence-electron chi connectivity index (χ0n) is 18.7. The summed E-state index contributed by atoms with van der Waals surface area (Å²) >= 11 is 0. The van der Waals surface area contributed by atoms with Crippen molar-refractivity contribution in [2.75, 3.05) is 24.4 Å². The second-order valence-corrected chi connectivity index (χ2v) is 8.54. The van der Waals surface area contributed by atoms with Gasteiger partial charge in [0, 0.05) is 43.2 Å². The molecule has 0 spiro atoms. The summed E-state index contributed by atoms with van der Waals surface area (Å²) in [4.78, 5) is 30.0. The van der Waals surface area contributed by atoms with Crippen LogP contribution in [0, 0.1) is 5.41 Å². The van der Waals surface area contributed by atoms with Crippen molar-refractivity contribution in [2.24, 2.45) is 0 Å². The van der Waals surface area contributed by atoms with Crippen LogP contribution in [0.4, 0.5) is 11.4 Å². The summed E-state index contributed by atoms with van der Waals surface area (Å²) in [6.45, 7) is 3.14. The van der Waals surface area contributed by atoms with Crippen LogP contribution in [0.2, 0.25) is 0 Å². The van der Waals surface area contributed by atoms with Gasteiger partial charge in [0.25, 0.3) is 11.5 Å². The molecule has 1 aromatic heterocycles. The molecule has 170 valence electrons. The average molecular weight is 438 g/mol. The van der Waals surface area contributed by atoms with E-state index in [4.69, 9.17) is 10.1 Å². The third kappa shape index (κ3) is 4.41. The lowest BCUT2D eigenvalue weighted by molar-refractivity contribution is 0.0707. The summed E-state index contributed by atoms with van der Waals surface area (Å²) in [5, 5.41) is 15.0.